The van der Waals surface area contributed by atoms with Gasteiger partial charge in [0, 0.05) is 55.9 Å². The Labute approximate surface area is 186 Å². The van der Waals surface area contributed by atoms with Gasteiger partial charge in [-0.05, 0) is 42.5 Å². The van der Waals surface area contributed by atoms with Gasteiger partial charge in [0.1, 0.15) is 5.82 Å². The largest absolute Gasteiger partial charge is 0.336 e. The number of imidazole rings is 1. The summed E-state index contributed by atoms with van der Waals surface area (Å²) in [6, 6.07) is 12.8. The lowest BCUT2D eigenvalue weighted by Crippen LogP contribution is -2.48. The highest BCUT2D eigenvalue weighted by molar-refractivity contribution is 6.30. The second-order valence-corrected chi connectivity index (χ2v) is 8.20. The number of fused-ring (bicyclic) bond motifs is 1. The van der Waals surface area contributed by atoms with E-state index in [9.17, 15) is 9.59 Å². The molecule has 0 spiro atoms. The summed E-state index contributed by atoms with van der Waals surface area (Å²) >= 11 is 5.92. The Kier molecular flexibility index (Phi) is 6.25. The van der Waals surface area contributed by atoms with Crippen LogP contribution < -0.4 is 5.32 Å². The summed E-state index contributed by atoms with van der Waals surface area (Å²) in [6.07, 6.45) is 0.442. The van der Waals surface area contributed by atoms with E-state index in [2.05, 4.69) is 14.8 Å². The number of hydrogen-bond donors (Lipinski definition) is 1. The SMILES string of the molecule is CCC(=O)Nc1ccc2c(c1)nc(CN1CCN(C(=O)c3ccc(Cl)cc3)CC1)n2C. The molecule has 0 radical (unpaired) electrons. The summed E-state index contributed by atoms with van der Waals surface area (Å²) in [5.74, 6) is 0.994. The number of benzene rings is 2. The second kappa shape index (κ2) is 9.08. The molecule has 7 nitrogen and oxygen atoms in total. The van der Waals surface area contributed by atoms with Crippen molar-refractivity contribution in [2.45, 2.75) is 19.9 Å². The molecule has 0 aliphatic carbocycles. The number of aromatic nitrogens is 2. The standard InChI is InChI=1S/C23H26ClN5O2/c1-3-22(30)25-18-8-9-20-19(14-18)26-21(27(20)2)15-28-10-12-29(13-11-28)23(31)16-4-6-17(24)7-5-16/h4-9,14H,3,10-13,15H2,1-2H3,(H,25,30). The highest BCUT2D eigenvalue weighted by Crippen LogP contribution is 2.21. The van der Waals surface area contributed by atoms with Gasteiger partial charge in [-0.2, -0.15) is 0 Å². The van der Waals surface area contributed by atoms with Gasteiger partial charge in [-0.1, -0.05) is 18.5 Å². The molecule has 1 N–H and O–H groups in total. The molecule has 1 aromatic heterocycles. The maximum absolute atomic E-state index is 12.7. The third-order valence-corrected chi connectivity index (χ3v) is 5.95. The van der Waals surface area contributed by atoms with Crippen molar-refractivity contribution in [3.05, 3.63) is 58.9 Å². The number of anilines is 1. The number of nitrogens with zero attached hydrogens (tertiary/aromatic N) is 4. The van der Waals surface area contributed by atoms with Crippen molar-refractivity contribution < 1.29 is 9.59 Å². The number of aryl methyl sites for hydroxylation is 1. The number of carbonyl (C=O) groups is 2. The summed E-state index contributed by atoms with van der Waals surface area (Å²) in [4.78, 5) is 33.3. The summed E-state index contributed by atoms with van der Waals surface area (Å²) in [5, 5.41) is 3.51. The van der Waals surface area contributed by atoms with Crippen LogP contribution in [0, 0.1) is 0 Å². The van der Waals surface area contributed by atoms with Crippen LogP contribution in [0.2, 0.25) is 5.02 Å². The van der Waals surface area contributed by atoms with E-state index < -0.39 is 0 Å². The lowest BCUT2D eigenvalue weighted by molar-refractivity contribution is -0.115. The van der Waals surface area contributed by atoms with Crippen molar-refractivity contribution in [2.75, 3.05) is 31.5 Å². The highest BCUT2D eigenvalue weighted by atomic mass is 35.5. The van der Waals surface area contributed by atoms with E-state index >= 15 is 0 Å². The quantitative estimate of drug-likeness (QED) is 0.660. The summed E-state index contributed by atoms with van der Waals surface area (Å²) in [7, 11) is 2.01. The first-order valence-corrected chi connectivity index (χ1v) is 10.8. The third kappa shape index (κ3) is 4.73. The lowest BCUT2D eigenvalue weighted by Gasteiger charge is -2.34. The average Bonchev–Trinajstić information content (AvgIpc) is 3.08. The number of halogens is 1. The van der Waals surface area contributed by atoms with Crippen LogP contribution in [-0.4, -0.2) is 57.3 Å². The molecule has 1 aliphatic rings. The molecule has 0 unspecified atom stereocenters. The lowest BCUT2D eigenvalue weighted by atomic mass is 10.2. The molecule has 1 fully saturated rings. The summed E-state index contributed by atoms with van der Waals surface area (Å²) < 4.78 is 2.09. The van der Waals surface area contributed by atoms with E-state index in [0.29, 0.717) is 36.6 Å². The van der Waals surface area contributed by atoms with Crippen LogP contribution in [0.3, 0.4) is 0 Å². The highest BCUT2D eigenvalue weighted by Gasteiger charge is 2.23. The molecule has 1 aliphatic heterocycles. The minimum absolute atomic E-state index is 0.0125. The van der Waals surface area contributed by atoms with Gasteiger partial charge in [0.15, 0.2) is 0 Å². The summed E-state index contributed by atoms with van der Waals surface area (Å²) in [5.41, 5.74) is 3.32. The van der Waals surface area contributed by atoms with Crippen molar-refractivity contribution in [3.63, 3.8) is 0 Å². The van der Waals surface area contributed by atoms with Crippen molar-refractivity contribution in [1.82, 2.24) is 19.4 Å². The van der Waals surface area contributed by atoms with Gasteiger partial charge in [0.25, 0.3) is 5.91 Å². The summed E-state index contributed by atoms with van der Waals surface area (Å²) in [6.45, 7) is 5.48. The Morgan fingerprint density at radius 2 is 1.77 bits per heavy atom. The predicted octanol–water partition coefficient (Wildman–Crippen LogP) is 3.53. The average molecular weight is 440 g/mol. The van der Waals surface area contributed by atoms with Crippen molar-refractivity contribution in [2.24, 2.45) is 7.05 Å². The van der Waals surface area contributed by atoms with Crippen LogP contribution in [-0.2, 0) is 18.4 Å². The number of rotatable bonds is 5. The van der Waals surface area contributed by atoms with Crippen molar-refractivity contribution >= 4 is 40.1 Å². The normalized spacial score (nSPS) is 14.7. The minimum atomic E-state index is -0.0125. The first-order valence-electron chi connectivity index (χ1n) is 10.5. The maximum atomic E-state index is 12.7. The van der Waals surface area contributed by atoms with Crippen molar-refractivity contribution in [3.8, 4) is 0 Å². The van der Waals surface area contributed by atoms with Crippen LogP contribution in [0.25, 0.3) is 11.0 Å². The molecule has 0 saturated carbocycles. The maximum Gasteiger partial charge on any atom is 0.253 e. The Balaban J connectivity index is 1.39. The molecular weight excluding hydrogens is 414 g/mol. The number of carbonyl (C=O) groups excluding carboxylic acids is 2. The molecule has 8 heteroatoms. The topological polar surface area (TPSA) is 70.5 Å². The number of amides is 2. The molecule has 2 amide bonds. The molecular formula is C23H26ClN5O2. The van der Waals surface area contributed by atoms with Gasteiger partial charge in [-0.25, -0.2) is 4.98 Å². The molecule has 31 heavy (non-hydrogen) atoms. The fourth-order valence-electron chi connectivity index (χ4n) is 3.80. The molecule has 0 atom stereocenters. The van der Waals surface area contributed by atoms with Crippen LogP contribution >= 0.6 is 11.6 Å². The van der Waals surface area contributed by atoms with E-state index in [1.165, 1.54) is 0 Å². The van der Waals surface area contributed by atoms with Gasteiger partial charge in [0.05, 0.1) is 17.6 Å². The molecule has 1 saturated heterocycles. The predicted molar refractivity (Wildman–Crippen MR) is 122 cm³/mol. The molecule has 2 heterocycles. The van der Waals surface area contributed by atoms with Crippen LogP contribution in [0.1, 0.15) is 29.5 Å². The first kappa shape index (κ1) is 21.3. The Bertz CT molecular complexity index is 1100. The van der Waals surface area contributed by atoms with E-state index in [4.69, 9.17) is 16.6 Å². The Hall–Kier alpha value is -2.90. The fraction of sp³-hybridized carbons (Fsp3) is 0.348. The van der Waals surface area contributed by atoms with E-state index in [1.807, 2.05) is 37.1 Å². The molecule has 4 rings (SSSR count). The van der Waals surface area contributed by atoms with Crippen LogP contribution in [0.5, 0.6) is 0 Å². The van der Waals surface area contributed by atoms with Gasteiger partial charge in [0.2, 0.25) is 5.91 Å². The zero-order valence-corrected chi connectivity index (χ0v) is 18.5. The molecule has 2 aromatic carbocycles. The number of nitrogens with one attached hydrogen (secondary N) is 1. The molecule has 3 aromatic rings. The van der Waals surface area contributed by atoms with E-state index in [-0.39, 0.29) is 11.8 Å². The van der Waals surface area contributed by atoms with Gasteiger partial charge >= 0.3 is 0 Å². The van der Waals surface area contributed by atoms with Gasteiger partial charge < -0.3 is 14.8 Å². The zero-order chi connectivity index (χ0) is 22.0. The number of piperazine rings is 1. The van der Waals surface area contributed by atoms with Gasteiger partial charge in [-0.3, -0.25) is 14.5 Å². The van der Waals surface area contributed by atoms with E-state index in [0.717, 1.165) is 35.6 Å². The third-order valence-electron chi connectivity index (χ3n) is 5.69. The zero-order valence-electron chi connectivity index (χ0n) is 17.8. The Morgan fingerprint density at radius 1 is 1.06 bits per heavy atom. The smallest absolute Gasteiger partial charge is 0.253 e. The van der Waals surface area contributed by atoms with Crippen LogP contribution in [0.15, 0.2) is 42.5 Å². The number of hydrogen-bond acceptors (Lipinski definition) is 4. The van der Waals surface area contributed by atoms with E-state index in [1.54, 1.807) is 24.3 Å². The Morgan fingerprint density at radius 3 is 2.45 bits per heavy atom. The monoisotopic (exact) mass is 439 g/mol. The molecule has 162 valence electrons. The fourth-order valence-corrected chi connectivity index (χ4v) is 3.93. The second-order valence-electron chi connectivity index (χ2n) is 7.77. The van der Waals surface area contributed by atoms with Crippen LogP contribution in [0.4, 0.5) is 5.69 Å². The first-order chi connectivity index (χ1) is 14.9. The molecule has 0 bridgehead atoms. The van der Waals surface area contributed by atoms with Gasteiger partial charge in [-0.15, -0.1) is 0 Å². The van der Waals surface area contributed by atoms with Crippen molar-refractivity contribution in [1.29, 1.82) is 0 Å². The minimum Gasteiger partial charge on any atom is -0.336 e.